The minimum Gasteiger partial charge on any atom is -0.489 e. The van der Waals surface area contributed by atoms with Crippen molar-refractivity contribution in [1.82, 2.24) is 4.98 Å². The molecule has 0 unspecified atom stereocenters. The SMILES string of the molecule is Cc1cccc(F)c1C(=O)C[C@@H]1[C@H]2Oc3ccc(Oc4ccnc5c4CCC(=O)N5)cc3[C@@H]12. The van der Waals surface area contributed by atoms with E-state index in [1.807, 2.05) is 18.2 Å². The zero-order valence-corrected chi connectivity index (χ0v) is 17.9. The van der Waals surface area contributed by atoms with Crippen LogP contribution in [0.4, 0.5) is 10.2 Å². The highest BCUT2D eigenvalue weighted by molar-refractivity contribution is 5.98. The third-order valence-electron chi connectivity index (χ3n) is 6.72. The Labute approximate surface area is 189 Å². The molecule has 1 aromatic heterocycles. The maximum absolute atomic E-state index is 14.2. The molecule has 1 aliphatic carbocycles. The molecule has 0 spiro atoms. The van der Waals surface area contributed by atoms with Gasteiger partial charge in [-0.2, -0.15) is 0 Å². The number of amides is 1. The fourth-order valence-electron chi connectivity index (χ4n) is 5.04. The van der Waals surface area contributed by atoms with E-state index >= 15 is 0 Å². The minimum absolute atomic E-state index is 0.0307. The third kappa shape index (κ3) is 3.35. The number of rotatable bonds is 5. The molecule has 6 rings (SSSR count). The van der Waals surface area contributed by atoms with Crippen LogP contribution in [0, 0.1) is 18.7 Å². The molecule has 1 fully saturated rings. The summed E-state index contributed by atoms with van der Waals surface area (Å²) in [4.78, 5) is 28.7. The standard InChI is InChI=1S/C26H21FN2O4/c1-13-3-2-4-18(27)23(13)19(30)12-17-24-16-11-14(5-7-20(16)33-25(17)24)32-21-9-10-28-26-15(21)6-8-22(31)29-26/h2-5,7,9-11,17,24-25H,6,8,12H2,1H3,(H,28,29,31)/t17-,24-,25+/m0/s1. The van der Waals surface area contributed by atoms with E-state index in [1.165, 1.54) is 6.07 Å². The maximum atomic E-state index is 14.2. The Morgan fingerprint density at radius 3 is 2.97 bits per heavy atom. The van der Waals surface area contributed by atoms with Gasteiger partial charge in [0.25, 0.3) is 0 Å². The fourth-order valence-corrected chi connectivity index (χ4v) is 5.04. The molecule has 0 bridgehead atoms. The lowest BCUT2D eigenvalue weighted by atomic mass is 9.98. The number of Topliss-reactive ketones (excluding diaryl/α,β-unsaturated/α-hetero) is 1. The molecule has 1 N–H and O–H groups in total. The molecule has 1 saturated carbocycles. The van der Waals surface area contributed by atoms with E-state index in [0.29, 0.717) is 35.7 Å². The molecule has 2 aliphatic heterocycles. The summed E-state index contributed by atoms with van der Waals surface area (Å²) in [5.41, 5.74) is 2.72. The quantitative estimate of drug-likeness (QED) is 0.563. The van der Waals surface area contributed by atoms with Crippen LogP contribution in [0.3, 0.4) is 0 Å². The maximum Gasteiger partial charge on any atom is 0.225 e. The van der Waals surface area contributed by atoms with E-state index in [-0.39, 0.29) is 41.6 Å². The first-order chi connectivity index (χ1) is 16.0. The van der Waals surface area contributed by atoms with Gasteiger partial charge in [0.1, 0.15) is 35.0 Å². The number of nitrogens with zero attached hydrogens (tertiary/aromatic N) is 1. The molecule has 166 valence electrons. The zero-order valence-electron chi connectivity index (χ0n) is 17.9. The topological polar surface area (TPSA) is 77.5 Å². The number of pyridine rings is 1. The molecule has 3 aliphatic rings. The number of ether oxygens (including phenoxy) is 2. The third-order valence-corrected chi connectivity index (χ3v) is 6.72. The van der Waals surface area contributed by atoms with E-state index in [4.69, 9.17) is 9.47 Å². The van der Waals surface area contributed by atoms with Crippen molar-refractivity contribution in [2.75, 3.05) is 5.32 Å². The van der Waals surface area contributed by atoms with Gasteiger partial charge >= 0.3 is 0 Å². The van der Waals surface area contributed by atoms with Crippen LogP contribution < -0.4 is 14.8 Å². The fraction of sp³-hybridized carbons (Fsp3) is 0.269. The van der Waals surface area contributed by atoms with Crippen molar-refractivity contribution in [1.29, 1.82) is 0 Å². The van der Waals surface area contributed by atoms with Crippen LogP contribution in [-0.2, 0) is 11.2 Å². The Kier molecular flexibility index (Phi) is 4.47. The molecule has 0 saturated heterocycles. The van der Waals surface area contributed by atoms with Gasteiger partial charge in [-0.1, -0.05) is 12.1 Å². The van der Waals surface area contributed by atoms with Crippen molar-refractivity contribution in [3.8, 4) is 17.2 Å². The van der Waals surface area contributed by atoms with E-state index in [0.717, 1.165) is 16.9 Å². The lowest BCUT2D eigenvalue weighted by Gasteiger charge is -2.19. The first-order valence-electron chi connectivity index (χ1n) is 11.0. The Bertz CT molecular complexity index is 1300. The van der Waals surface area contributed by atoms with Crippen molar-refractivity contribution < 1.29 is 23.5 Å². The van der Waals surface area contributed by atoms with Gasteiger partial charge in [-0.25, -0.2) is 9.37 Å². The van der Waals surface area contributed by atoms with Gasteiger partial charge in [0.05, 0.1) is 5.56 Å². The normalized spacial score (nSPS) is 21.9. The average molecular weight is 444 g/mol. The van der Waals surface area contributed by atoms with Crippen LogP contribution in [0.25, 0.3) is 0 Å². The number of aryl methyl sites for hydroxylation is 1. The molecule has 2 aromatic carbocycles. The van der Waals surface area contributed by atoms with Gasteiger partial charge < -0.3 is 14.8 Å². The summed E-state index contributed by atoms with van der Waals surface area (Å²) in [7, 11) is 0. The molecular formula is C26H21FN2O4. The smallest absolute Gasteiger partial charge is 0.225 e. The van der Waals surface area contributed by atoms with Crippen LogP contribution in [0.2, 0.25) is 0 Å². The lowest BCUT2D eigenvalue weighted by molar-refractivity contribution is -0.116. The number of aromatic nitrogens is 1. The van der Waals surface area contributed by atoms with E-state index in [2.05, 4.69) is 10.3 Å². The van der Waals surface area contributed by atoms with Crippen LogP contribution in [-0.4, -0.2) is 22.8 Å². The number of carbonyl (C=O) groups excluding carboxylic acids is 2. The van der Waals surface area contributed by atoms with Gasteiger partial charge in [0, 0.05) is 42.0 Å². The van der Waals surface area contributed by atoms with E-state index < -0.39 is 5.82 Å². The molecule has 7 heteroatoms. The van der Waals surface area contributed by atoms with Gasteiger partial charge in [-0.05, 0) is 49.2 Å². The second-order valence-corrected chi connectivity index (χ2v) is 8.82. The molecule has 3 aromatic rings. The summed E-state index contributed by atoms with van der Waals surface area (Å²) in [5.74, 6) is 2.08. The first-order valence-corrected chi connectivity index (χ1v) is 11.0. The molecule has 3 heterocycles. The van der Waals surface area contributed by atoms with Crippen LogP contribution in [0.5, 0.6) is 17.2 Å². The average Bonchev–Trinajstić information content (AvgIpc) is 3.30. The Balaban J connectivity index is 1.21. The number of nitrogens with one attached hydrogen (secondary N) is 1. The zero-order chi connectivity index (χ0) is 22.7. The predicted molar refractivity (Wildman–Crippen MR) is 118 cm³/mol. The molecule has 6 nitrogen and oxygen atoms in total. The first kappa shape index (κ1) is 19.9. The second-order valence-electron chi connectivity index (χ2n) is 8.82. The molecule has 1 amide bonds. The number of fused-ring (bicyclic) bond motifs is 4. The number of anilines is 1. The van der Waals surface area contributed by atoms with Crippen LogP contribution in [0.15, 0.2) is 48.7 Å². The molecule has 3 atom stereocenters. The lowest BCUT2D eigenvalue weighted by Crippen LogP contribution is -2.20. The largest absolute Gasteiger partial charge is 0.489 e. The van der Waals surface area contributed by atoms with Crippen molar-refractivity contribution in [3.63, 3.8) is 0 Å². The number of benzene rings is 2. The Morgan fingerprint density at radius 2 is 2.12 bits per heavy atom. The van der Waals surface area contributed by atoms with Crippen molar-refractivity contribution in [2.45, 2.75) is 38.2 Å². The van der Waals surface area contributed by atoms with Crippen LogP contribution >= 0.6 is 0 Å². The Hall–Kier alpha value is -3.74. The summed E-state index contributed by atoms with van der Waals surface area (Å²) in [6.45, 7) is 1.75. The van der Waals surface area contributed by atoms with Crippen LogP contribution in [0.1, 0.15) is 45.8 Å². The van der Waals surface area contributed by atoms with Gasteiger partial charge in [-0.3, -0.25) is 9.59 Å². The van der Waals surface area contributed by atoms with E-state index in [9.17, 15) is 14.0 Å². The molecular weight excluding hydrogens is 423 g/mol. The molecule has 0 radical (unpaired) electrons. The second kappa shape index (κ2) is 7.40. The number of hydrogen-bond acceptors (Lipinski definition) is 5. The highest BCUT2D eigenvalue weighted by Crippen LogP contribution is 2.60. The summed E-state index contributed by atoms with van der Waals surface area (Å²) in [6, 6.07) is 12.2. The summed E-state index contributed by atoms with van der Waals surface area (Å²) >= 11 is 0. The monoisotopic (exact) mass is 444 g/mol. The van der Waals surface area contributed by atoms with E-state index in [1.54, 1.807) is 31.3 Å². The van der Waals surface area contributed by atoms with Gasteiger partial charge in [0.2, 0.25) is 5.91 Å². The number of hydrogen-bond donors (Lipinski definition) is 1. The summed E-state index contributed by atoms with van der Waals surface area (Å²) in [6.07, 6.45) is 2.77. The van der Waals surface area contributed by atoms with Crippen molar-refractivity contribution in [2.24, 2.45) is 5.92 Å². The van der Waals surface area contributed by atoms with Crippen molar-refractivity contribution >= 4 is 17.5 Å². The number of halogens is 1. The summed E-state index contributed by atoms with van der Waals surface area (Å²) in [5, 5.41) is 2.78. The highest BCUT2D eigenvalue weighted by atomic mass is 19.1. The molecule has 33 heavy (non-hydrogen) atoms. The predicted octanol–water partition coefficient (Wildman–Crippen LogP) is 4.95. The summed E-state index contributed by atoms with van der Waals surface area (Å²) < 4.78 is 26.4. The van der Waals surface area contributed by atoms with Crippen molar-refractivity contribution in [3.05, 3.63) is 76.7 Å². The Morgan fingerprint density at radius 1 is 1.24 bits per heavy atom. The van der Waals surface area contributed by atoms with Gasteiger partial charge in [-0.15, -0.1) is 0 Å². The minimum atomic E-state index is -0.473. The van der Waals surface area contributed by atoms with Gasteiger partial charge in [0.15, 0.2) is 5.78 Å². The number of ketones is 1. The highest BCUT2D eigenvalue weighted by Gasteiger charge is 2.59. The number of carbonyl (C=O) groups is 2.